The van der Waals surface area contributed by atoms with Crippen LogP contribution in [0.5, 0.6) is 11.5 Å². The van der Waals surface area contributed by atoms with Gasteiger partial charge < -0.3 is 58.0 Å². The molecule has 0 aromatic heterocycles. The Morgan fingerprint density at radius 3 is 1.87 bits per heavy atom. The van der Waals surface area contributed by atoms with Crippen molar-refractivity contribution in [2.45, 2.75) is 83.7 Å². The highest BCUT2D eigenvalue weighted by molar-refractivity contribution is 5.73. The van der Waals surface area contributed by atoms with Gasteiger partial charge in [0.1, 0.15) is 30.3 Å². The highest BCUT2D eigenvalue weighted by Gasteiger charge is 2.43. The van der Waals surface area contributed by atoms with Crippen molar-refractivity contribution in [3.05, 3.63) is 131 Å². The van der Waals surface area contributed by atoms with Crippen molar-refractivity contribution in [3.8, 4) is 11.5 Å². The van der Waals surface area contributed by atoms with Gasteiger partial charge in [0.25, 0.3) is 0 Å². The van der Waals surface area contributed by atoms with Gasteiger partial charge in [0.2, 0.25) is 5.91 Å². The molecular formula is C53H70N2O13. The molecule has 1 aliphatic rings. The monoisotopic (exact) mass is 942 g/mol. The third-order valence-corrected chi connectivity index (χ3v) is 12.1. The molecule has 370 valence electrons. The van der Waals surface area contributed by atoms with Crippen molar-refractivity contribution in [2.75, 3.05) is 73.6 Å². The van der Waals surface area contributed by atoms with Crippen LogP contribution >= 0.6 is 0 Å². The third kappa shape index (κ3) is 16.0. The number of hydrogen-bond donors (Lipinski definition) is 2. The van der Waals surface area contributed by atoms with Crippen LogP contribution in [0.3, 0.4) is 0 Å². The molecule has 0 bridgehead atoms. The average molecular weight is 943 g/mol. The smallest absolute Gasteiger partial charge is 0.410 e. The Labute approximate surface area is 401 Å². The molecule has 1 heterocycles. The molecule has 0 spiro atoms. The van der Waals surface area contributed by atoms with E-state index in [9.17, 15) is 19.5 Å². The van der Waals surface area contributed by atoms with Crippen LogP contribution in [0.1, 0.15) is 69.2 Å². The van der Waals surface area contributed by atoms with E-state index in [1.54, 1.807) is 19.1 Å². The Kier molecular flexibility index (Phi) is 22.0. The number of unbranched alkanes of at least 4 members (excludes halogenated alkanes) is 1. The highest BCUT2D eigenvalue weighted by Crippen LogP contribution is 2.42. The Balaban J connectivity index is 1.11. The van der Waals surface area contributed by atoms with E-state index in [0.717, 1.165) is 22.3 Å². The van der Waals surface area contributed by atoms with Crippen LogP contribution in [-0.2, 0) is 55.0 Å². The number of aliphatic hydroxyl groups is 1. The summed E-state index contributed by atoms with van der Waals surface area (Å²) < 4.78 is 52.5. The molecule has 68 heavy (non-hydrogen) atoms. The highest BCUT2D eigenvalue weighted by atomic mass is 16.7. The zero-order chi connectivity index (χ0) is 48.7. The summed E-state index contributed by atoms with van der Waals surface area (Å²) in [6, 6.07) is 34.6. The number of carbonyl (C=O) groups excluding carboxylic acids is 3. The molecule has 0 saturated carbocycles. The van der Waals surface area contributed by atoms with Gasteiger partial charge in [-0.2, -0.15) is 0 Å². The lowest BCUT2D eigenvalue weighted by atomic mass is 9.80. The predicted molar refractivity (Wildman–Crippen MR) is 255 cm³/mol. The van der Waals surface area contributed by atoms with Gasteiger partial charge in [-0.3, -0.25) is 9.59 Å². The van der Waals surface area contributed by atoms with Crippen molar-refractivity contribution in [1.29, 1.82) is 0 Å². The summed E-state index contributed by atoms with van der Waals surface area (Å²) in [7, 11) is 3.26. The van der Waals surface area contributed by atoms with Crippen LogP contribution in [0.15, 0.2) is 109 Å². The second-order valence-corrected chi connectivity index (χ2v) is 16.9. The van der Waals surface area contributed by atoms with Crippen LogP contribution in [0.2, 0.25) is 0 Å². The van der Waals surface area contributed by atoms with Gasteiger partial charge in [0.05, 0.1) is 72.1 Å². The first-order valence-electron chi connectivity index (χ1n) is 23.4. The first kappa shape index (κ1) is 53.4. The number of ether oxygens (including phenoxy) is 9. The van der Waals surface area contributed by atoms with Gasteiger partial charge in [-0.25, -0.2) is 4.79 Å². The number of benzene rings is 4. The van der Waals surface area contributed by atoms with Crippen LogP contribution in [0.4, 0.5) is 4.79 Å². The van der Waals surface area contributed by atoms with Crippen LogP contribution in [0.25, 0.3) is 0 Å². The number of rotatable bonds is 28. The molecule has 0 aliphatic carbocycles. The first-order chi connectivity index (χ1) is 32.9. The normalized spacial score (nSPS) is 18.5. The number of hydrogen-bond acceptors (Lipinski definition) is 13. The van der Waals surface area contributed by atoms with Gasteiger partial charge in [-0.15, -0.1) is 0 Å². The summed E-state index contributed by atoms with van der Waals surface area (Å²) in [5.41, 5.74) is 2.46. The summed E-state index contributed by atoms with van der Waals surface area (Å²) in [6.07, 6.45) is -0.719. The molecule has 6 unspecified atom stereocenters. The van der Waals surface area contributed by atoms with Crippen molar-refractivity contribution in [2.24, 2.45) is 11.8 Å². The Hall–Kier alpha value is -5.55. The second kappa shape index (κ2) is 28.1. The molecule has 1 aliphatic heterocycles. The lowest BCUT2D eigenvalue weighted by Gasteiger charge is -2.44. The molecule has 4 aromatic carbocycles. The Morgan fingerprint density at radius 2 is 1.28 bits per heavy atom. The Morgan fingerprint density at radius 1 is 0.706 bits per heavy atom. The number of amides is 2. The maximum absolute atomic E-state index is 13.4. The minimum Gasteiger partial charge on any atom is -0.497 e. The molecule has 0 radical (unpaired) electrons. The fourth-order valence-corrected chi connectivity index (χ4v) is 8.15. The molecule has 6 atom stereocenters. The predicted octanol–water partition coefficient (Wildman–Crippen LogP) is 7.30. The Bertz CT molecular complexity index is 2020. The van der Waals surface area contributed by atoms with Crippen molar-refractivity contribution >= 4 is 18.0 Å². The van der Waals surface area contributed by atoms with Gasteiger partial charge in [-0.05, 0) is 77.6 Å². The number of carbonyl (C=O) groups is 3. The van der Waals surface area contributed by atoms with Crippen LogP contribution in [0, 0.1) is 11.8 Å². The van der Waals surface area contributed by atoms with E-state index < -0.39 is 30.1 Å². The van der Waals surface area contributed by atoms with Gasteiger partial charge in [0.15, 0.2) is 6.29 Å². The van der Waals surface area contributed by atoms with E-state index in [2.05, 4.69) is 5.32 Å². The van der Waals surface area contributed by atoms with E-state index in [-0.39, 0.29) is 82.7 Å². The molecule has 15 heteroatoms. The fraction of sp³-hybridized carbons (Fsp3) is 0.491. The number of aliphatic hydroxyl groups excluding tert-OH is 1. The molecule has 1 saturated heterocycles. The number of nitrogens with zero attached hydrogens (tertiary/aromatic N) is 1. The van der Waals surface area contributed by atoms with E-state index in [0.29, 0.717) is 43.9 Å². The average Bonchev–Trinajstić information content (AvgIpc) is 3.35. The number of methoxy groups -OCH3 is 2. The van der Waals surface area contributed by atoms with Crippen molar-refractivity contribution in [3.63, 3.8) is 0 Å². The van der Waals surface area contributed by atoms with Crippen molar-refractivity contribution < 1.29 is 62.1 Å². The summed E-state index contributed by atoms with van der Waals surface area (Å²) in [5.74, 6) is 0.843. The second-order valence-electron chi connectivity index (χ2n) is 16.9. The minimum absolute atomic E-state index is 0.00213. The van der Waals surface area contributed by atoms with Gasteiger partial charge in [0, 0.05) is 26.9 Å². The maximum atomic E-state index is 13.4. The molecular weight excluding hydrogens is 873 g/mol. The maximum Gasteiger partial charge on any atom is 0.410 e. The number of esters is 1. The topological polar surface area (TPSA) is 170 Å². The summed E-state index contributed by atoms with van der Waals surface area (Å²) in [6.45, 7) is 9.03. The molecule has 5 rings (SSSR count). The lowest BCUT2D eigenvalue weighted by molar-refractivity contribution is -0.247. The first-order valence-corrected chi connectivity index (χ1v) is 23.4. The van der Waals surface area contributed by atoms with E-state index in [1.165, 1.54) is 13.8 Å². The van der Waals surface area contributed by atoms with Crippen LogP contribution in [-0.4, -0.2) is 126 Å². The molecule has 1 fully saturated rings. The largest absolute Gasteiger partial charge is 0.497 e. The zero-order valence-electron chi connectivity index (χ0n) is 40.3. The molecule has 2 amide bonds. The fourth-order valence-electron chi connectivity index (χ4n) is 8.15. The van der Waals surface area contributed by atoms with E-state index in [1.807, 2.05) is 123 Å². The van der Waals surface area contributed by atoms with Gasteiger partial charge >= 0.3 is 12.1 Å². The van der Waals surface area contributed by atoms with Crippen LogP contribution < -0.4 is 14.8 Å². The quantitative estimate of drug-likeness (QED) is 0.0331. The summed E-state index contributed by atoms with van der Waals surface area (Å²) in [5, 5.41) is 14.4. The standard InChI is InChI=1S/C53H70N2O13/c1-38-39(2)50(54-40(3)56)51(68-49(38)37-65-41(4)57)64-34-33-63-32-31-62-30-29-55(52(59)66-35-42-15-9-7-10-16-42)28-14-13-19-46(58)36-67-53(43-17-11-8-12-18-43,44-20-24-47(60-5)25-21-44)45-22-26-48(61-6)27-23-45/h7-12,15-18,20-27,38-39,46,49-51,58H,13-14,19,28-37H2,1-6H3,(H,54,56). The van der Waals surface area contributed by atoms with E-state index in [4.69, 9.17) is 42.6 Å². The van der Waals surface area contributed by atoms with E-state index >= 15 is 0 Å². The number of nitrogens with one attached hydrogen (secondary N) is 1. The zero-order valence-corrected chi connectivity index (χ0v) is 40.3. The third-order valence-electron chi connectivity index (χ3n) is 12.1. The minimum atomic E-state index is -1.06. The van der Waals surface area contributed by atoms with Gasteiger partial charge in [-0.1, -0.05) is 98.8 Å². The summed E-state index contributed by atoms with van der Waals surface area (Å²) in [4.78, 5) is 38.4. The SMILES string of the molecule is COc1ccc(C(OCC(O)CCCCN(CCOCCOCCOC2OC(COC(C)=O)C(C)C(C)C2NC(C)=O)C(=O)OCc2ccccc2)(c2ccccc2)c2ccc(OC)cc2)cc1. The van der Waals surface area contributed by atoms with Crippen molar-refractivity contribution in [1.82, 2.24) is 10.2 Å². The molecule has 4 aromatic rings. The molecule has 15 nitrogen and oxygen atoms in total. The lowest BCUT2D eigenvalue weighted by Crippen LogP contribution is -2.58. The molecule has 2 N–H and O–H groups in total. The summed E-state index contributed by atoms with van der Waals surface area (Å²) >= 11 is 0.